The van der Waals surface area contributed by atoms with Gasteiger partial charge < -0.3 is 10.5 Å². The van der Waals surface area contributed by atoms with Crippen molar-refractivity contribution in [3.05, 3.63) is 23.5 Å². The van der Waals surface area contributed by atoms with Gasteiger partial charge in [0.15, 0.2) is 0 Å². The summed E-state index contributed by atoms with van der Waals surface area (Å²) in [6.45, 7) is 0.303. The van der Waals surface area contributed by atoms with Gasteiger partial charge in [-0.25, -0.2) is 4.98 Å². The summed E-state index contributed by atoms with van der Waals surface area (Å²) >= 11 is 0. The fourth-order valence-electron chi connectivity index (χ4n) is 1.17. The topological polar surface area (TPSA) is 71.9 Å². The lowest BCUT2D eigenvalue weighted by Gasteiger charge is -2.08. The molecule has 2 rings (SSSR count). The Kier molecular flexibility index (Phi) is 2.33. The summed E-state index contributed by atoms with van der Waals surface area (Å²) in [5, 5.41) is 8.65. The molecule has 0 aromatic carbocycles. The Morgan fingerprint density at radius 2 is 2.36 bits per heavy atom. The Morgan fingerprint density at radius 3 is 2.93 bits per heavy atom. The fraction of sp³-hybridized carbons (Fsp3) is 0.400. The molecule has 1 fully saturated rings. The average molecular weight is 189 g/mol. The van der Waals surface area contributed by atoms with Gasteiger partial charge in [-0.05, 0) is 25.0 Å². The van der Waals surface area contributed by atoms with Crippen LogP contribution in [-0.4, -0.2) is 11.1 Å². The van der Waals surface area contributed by atoms with Crippen LogP contribution in [0.1, 0.15) is 24.2 Å². The third-order valence-corrected chi connectivity index (χ3v) is 2.06. The third kappa shape index (κ3) is 1.83. The molecule has 0 spiro atoms. The van der Waals surface area contributed by atoms with Crippen molar-refractivity contribution in [1.29, 1.82) is 5.26 Å². The first kappa shape index (κ1) is 8.97. The maximum atomic E-state index is 8.65. The molecule has 0 atom stereocenters. The maximum Gasteiger partial charge on any atom is 0.142 e. The molecule has 72 valence electrons. The van der Waals surface area contributed by atoms with E-state index in [1.807, 2.05) is 6.07 Å². The van der Waals surface area contributed by atoms with Crippen LogP contribution >= 0.6 is 0 Å². The zero-order valence-corrected chi connectivity index (χ0v) is 7.73. The molecule has 2 N–H and O–H groups in total. The molecule has 1 aliphatic rings. The van der Waals surface area contributed by atoms with E-state index in [0.29, 0.717) is 29.8 Å². The summed E-state index contributed by atoms with van der Waals surface area (Å²) in [7, 11) is 0. The molecule has 0 bridgehead atoms. The third-order valence-electron chi connectivity index (χ3n) is 2.06. The van der Waals surface area contributed by atoms with Gasteiger partial charge in [0, 0.05) is 6.54 Å². The maximum absolute atomic E-state index is 8.65. The smallest absolute Gasteiger partial charge is 0.142 e. The van der Waals surface area contributed by atoms with E-state index in [9.17, 15) is 0 Å². The number of rotatable bonds is 3. The molecular formula is C10H11N3O. The van der Waals surface area contributed by atoms with Gasteiger partial charge in [-0.3, -0.25) is 0 Å². The largest absolute Gasteiger partial charge is 0.488 e. The molecule has 0 radical (unpaired) electrons. The molecule has 4 heteroatoms. The highest BCUT2D eigenvalue weighted by Crippen LogP contribution is 2.28. The molecule has 1 aromatic heterocycles. The second kappa shape index (κ2) is 3.64. The summed E-state index contributed by atoms with van der Waals surface area (Å²) in [6, 6.07) is 5.40. The zero-order valence-electron chi connectivity index (χ0n) is 7.73. The van der Waals surface area contributed by atoms with E-state index in [1.165, 1.54) is 0 Å². The summed E-state index contributed by atoms with van der Waals surface area (Å²) in [5.41, 5.74) is 6.56. The van der Waals surface area contributed by atoms with Crippen molar-refractivity contribution in [2.45, 2.75) is 25.5 Å². The summed E-state index contributed by atoms with van der Waals surface area (Å²) in [5.74, 6) is 0.717. The second-order valence-electron chi connectivity index (χ2n) is 3.27. The van der Waals surface area contributed by atoms with E-state index in [4.69, 9.17) is 15.7 Å². The van der Waals surface area contributed by atoms with Gasteiger partial charge in [0.1, 0.15) is 17.5 Å². The quantitative estimate of drug-likeness (QED) is 0.768. The standard InChI is InChI=1S/C10H11N3O/c11-5-7-1-4-10(9(6-12)13-7)14-8-2-3-8/h1,4,8H,2-3,6,12H2. The van der Waals surface area contributed by atoms with E-state index in [0.717, 1.165) is 12.8 Å². The number of aromatic nitrogens is 1. The Balaban J connectivity index is 2.25. The van der Waals surface area contributed by atoms with E-state index in [2.05, 4.69) is 4.98 Å². The van der Waals surface area contributed by atoms with Crippen molar-refractivity contribution in [3.8, 4) is 11.8 Å². The monoisotopic (exact) mass is 189 g/mol. The first-order valence-corrected chi connectivity index (χ1v) is 4.60. The van der Waals surface area contributed by atoms with Gasteiger partial charge in [-0.15, -0.1) is 0 Å². The SMILES string of the molecule is N#Cc1ccc(OC2CC2)c(CN)n1. The minimum atomic E-state index is 0.303. The Hall–Kier alpha value is -1.60. The molecule has 0 saturated heterocycles. The highest BCUT2D eigenvalue weighted by molar-refractivity contribution is 5.34. The lowest BCUT2D eigenvalue weighted by atomic mass is 10.3. The van der Waals surface area contributed by atoms with Gasteiger partial charge in [0.05, 0.1) is 11.8 Å². The van der Waals surface area contributed by atoms with Crippen molar-refractivity contribution in [3.63, 3.8) is 0 Å². The van der Waals surface area contributed by atoms with E-state index < -0.39 is 0 Å². The van der Waals surface area contributed by atoms with Gasteiger partial charge >= 0.3 is 0 Å². The van der Waals surface area contributed by atoms with Crippen molar-refractivity contribution >= 4 is 0 Å². The lowest BCUT2D eigenvalue weighted by molar-refractivity contribution is 0.298. The van der Waals surface area contributed by atoms with Crippen LogP contribution in [0.15, 0.2) is 12.1 Å². The number of hydrogen-bond acceptors (Lipinski definition) is 4. The summed E-state index contributed by atoms with van der Waals surface area (Å²) in [6.07, 6.45) is 2.53. The van der Waals surface area contributed by atoms with Crippen LogP contribution in [0.2, 0.25) is 0 Å². The van der Waals surface area contributed by atoms with Crippen molar-refractivity contribution < 1.29 is 4.74 Å². The second-order valence-corrected chi connectivity index (χ2v) is 3.27. The molecule has 1 aromatic rings. The van der Waals surface area contributed by atoms with E-state index in [1.54, 1.807) is 12.1 Å². The molecule has 0 unspecified atom stereocenters. The lowest BCUT2D eigenvalue weighted by Crippen LogP contribution is -2.06. The normalized spacial score (nSPS) is 14.9. The summed E-state index contributed by atoms with van der Waals surface area (Å²) < 4.78 is 5.59. The average Bonchev–Trinajstić information content (AvgIpc) is 3.02. The highest BCUT2D eigenvalue weighted by atomic mass is 16.5. The van der Waals surface area contributed by atoms with Gasteiger partial charge in [-0.2, -0.15) is 5.26 Å². The number of nitrogens with zero attached hydrogens (tertiary/aromatic N) is 2. The Labute approximate surface area is 82.3 Å². The minimum Gasteiger partial charge on any atom is -0.488 e. The van der Waals surface area contributed by atoms with Crippen LogP contribution in [0.25, 0.3) is 0 Å². The van der Waals surface area contributed by atoms with Crippen molar-refractivity contribution in [1.82, 2.24) is 4.98 Å². The van der Waals surface area contributed by atoms with Crippen LogP contribution < -0.4 is 10.5 Å². The number of nitrogens with two attached hydrogens (primary N) is 1. The first-order chi connectivity index (χ1) is 6.83. The van der Waals surface area contributed by atoms with Crippen molar-refractivity contribution in [2.75, 3.05) is 0 Å². The fourth-order valence-corrected chi connectivity index (χ4v) is 1.17. The number of pyridine rings is 1. The number of ether oxygens (including phenoxy) is 1. The molecule has 14 heavy (non-hydrogen) atoms. The summed E-state index contributed by atoms with van der Waals surface area (Å²) in [4.78, 5) is 4.08. The van der Waals surface area contributed by atoms with Crippen LogP contribution in [0.4, 0.5) is 0 Å². The molecule has 4 nitrogen and oxygen atoms in total. The predicted octanol–water partition coefficient (Wildman–Crippen LogP) is 0.953. The van der Waals surface area contributed by atoms with E-state index >= 15 is 0 Å². The number of hydrogen-bond donors (Lipinski definition) is 1. The van der Waals surface area contributed by atoms with Crippen LogP contribution in [0, 0.1) is 11.3 Å². The predicted molar refractivity (Wildman–Crippen MR) is 50.5 cm³/mol. The molecule has 1 saturated carbocycles. The number of nitriles is 1. The molecule has 0 amide bonds. The first-order valence-electron chi connectivity index (χ1n) is 4.60. The molecule has 1 aliphatic carbocycles. The molecular weight excluding hydrogens is 178 g/mol. The Morgan fingerprint density at radius 1 is 1.57 bits per heavy atom. The van der Waals surface area contributed by atoms with Gasteiger partial charge in [-0.1, -0.05) is 0 Å². The van der Waals surface area contributed by atoms with Gasteiger partial charge in [0.2, 0.25) is 0 Å². The van der Waals surface area contributed by atoms with Crippen molar-refractivity contribution in [2.24, 2.45) is 5.73 Å². The molecule has 1 heterocycles. The van der Waals surface area contributed by atoms with Crippen LogP contribution in [0.3, 0.4) is 0 Å². The van der Waals surface area contributed by atoms with Gasteiger partial charge in [0.25, 0.3) is 0 Å². The highest BCUT2D eigenvalue weighted by Gasteiger charge is 2.24. The van der Waals surface area contributed by atoms with E-state index in [-0.39, 0.29) is 0 Å². The van der Waals surface area contributed by atoms with Crippen LogP contribution in [0.5, 0.6) is 5.75 Å². The Bertz CT molecular complexity index is 379. The van der Waals surface area contributed by atoms with Crippen LogP contribution in [-0.2, 0) is 6.54 Å². The molecule has 0 aliphatic heterocycles. The minimum absolute atomic E-state index is 0.303. The zero-order chi connectivity index (χ0) is 9.97.